The number of hydrogen-bond donors (Lipinski definition) is 1. The predicted molar refractivity (Wildman–Crippen MR) is 92.8 cm³/mol. The lowest BCUT2D eigenvalue weighted by Gasteiger charge is -2.29. The molecule has 2 N–H and O–H groups in total. The van der Waals surface area contributed by atoms with Gasteiger partial charge in [-0.1, -0.05) is 40.0 Å². The molecule has 26 heavy (non-hydrogen) atoms. The van der Waals surface area contributed by atoms with E-state index in [9.17, 15) is 13.2 Å². The van der Waals surface area contributed by atoms with Gasteiger partial charge in [0.1, 0.15) is 11.5 Å². The van der Waals surface area contributed by atoms with Crippen LogP contribution in [0.5, 0.6) is 0 Å². The molecule has 1 aliphatic rings. The van der Waals surface area contributed by atoms with E-state index < -0.39 is 18.2 Å². The molecule has 1 aromatic carbocycles. The standard InChI is InChI=1S/C16H12Cl3F3N2O2/c1-7-2-12(25-13(7)6-23)11-5-15(26-24-11,16(20,21)22)8-3-9(17)14(19)10(18)4-8/h2-4H,5-6,23H2,1H3. The monoisotopic (exact) mass is 426 g/mol. The number of nitrogens with two attached hydrogens (primary N) is 1. The van der Waals surface area contributed by atoms with Crippen molar-refractivity contribution < 1.29 is 22.4 Å². The molecule has 1 aliphatic heterocycles. The Morgan fingerprint density at radius 3 is 2.31 bits per heavy atom. The highest BCUT2D eigenvalue weighted by Gasteiger charge is 2.62. The van der Waals surface area contributed by atoms with Gasteiger partial charge in [-0.05, 0) is 30.7 Å². The molecule has 1 aromatic heterocycles. The average Bonchev–Trinajstić information content (AvgIpc) is 3.16. The summed E-state index contributed by atoms with van der Waals surface area (Å²) in [6.07, 6.45) is -5.40. The molecule has 0 bridgehead atoms. The number of oxime groups is 1. The molecule has 0 radical (unpaired) electrons. The van der Waals surface area contributed by atoms with Crippen LogP contribution in [0.15, 0.2) is 27.8 Å². The van der Waals surface area contributed by atoms with Crippen molar-refractivity contribution in [2.45, 2.75) is 31.7 Å². The first-order valence-electron chi connectivity index (χ1n) is 7.35. The molecule has 4 nitrogen and oxygen atoms in total. The molecule has 0 aliphatic carbocycles. The molecule has 0 saturated carbocycles. The molecule has 3 rings (SSSR count). The van der Waals surface area contributed by atoms with Crippen LogP contribution < -0.4 is 5.73 Å². The fraction of sp³-hybridized carbons (Fsp3) is 0.312. The fourth-order valence-corrected chi connectivity index (χ4v) is 3.29. The van der Waals surface area contributed by atoms with E-state index in [0.717, 1.165) is 12.1 Å². The number of nitrogens with zero attached hydrogens (tertiary/aromatic N) is 1. The van der Waals surface area contributed by atoms with Crippen molar-refractivity contribution in [1.29, 1.82) is 0 Å². The zero-order valence-electron chi connectivity index (χ0n) is 13.3. The summed E-state index contributed by atoms with van der Waals surface area (Å²) in [6.45, 7) is 1.86. The summed E-state index contributed by atoms with van der Waals surface area (Å²) in [6, 6.07) is 3.71. The maximum atomic E-state index is 13.9. The summed E-state index contributed by atoms with van der Waals surface area (Å²) in [5.74, 6) is 0.630. The molecule has 0 spiro atoms. The van der Waals surface area contributed by atoms with Crippen LogP contribution in [0.1, 0.15) is 29.1 Å². The number of hydrogen-bond acceptors (Lipinski definition) is 4. The van der Waals surface area contributed by atoms with Crippen LogP contribution in [0.4, 0.5) is 13.2 Å². The minimum atomic E-state index is -4.79. The van der Waals surface area contributed by atoms with Crippen LogP contribution in [0.25, 0.3) is 0 Å². The van der Waals surface area contributed by atoms with E-state index in [2.05, 4.69) is 5.16 Å². The van der Waals surface area contributed by atoms with Gasteiger partial charge in [-0.2, -0.15) is 13.2 Å². The molecule has 2 heterocycles. The zero-order chi connectivity index (χ0) is 19.3. The molecule has 140 valence electrons. The summed E-state index contributed by atoms with van der Waals surface area (Å²) in [4.78, 5) is 4.90. The first kappa shape index (κ1) is 19.4. The zero-order valence-corrected chi connectivity index (χ0v) is 15.5. The highest BCUT2D eigenvalue weighted by atomic mass is 35.5. The third-order valence-corrected chi connectivity index (χ3v) is 5.32. The lowest BCUT2D eigenvalue weighted by molar-refractivity contribution is -0.275. The largest absolute Gasteiger partial charge is 0.458 e. The van der Waals surface area contributed by atoms with Crippen molar-refractivity contribution in [2.75, 3.05) is 0 Å². The summed E-state index contributed by atoms with van der Waals surface area (Å²) in [7, 11) is 0. The van der Waals surface area contributed by atoms with Crippen molar-refractivity contribution in [3.05, 3.63) is 55.9 Å². The van der Waals surface area contributed by atoms with Gasteiger partial charge >= 0.3 is 6.18 Å². The Bertz CT molecular complexity index is 872. The van der Waals surface area contributed by atoms with Crippen LogP contribution in [0, 0.1) is 6.92 Å². The Labute approximate surface area is 161 Å². The van der Waals surface area contributed by atoms with Gasteiger partial charge in [-0.25, -0.2) is 0 Å². The normalized spacial score (nSPS) is 20.2. The highest BCUT2D eigenvalue weighted by molar-refractivity contribution is 6.48. The third kappa shape index (κ3) is 3.07. The second kappa shape index (κ2) is 6.64. The second-order valence-electron chi connectivity index (χ2n) is 5.81. The average molecular weight is 428 g/mol. The van der Waals surface area contributed by atoms with E-state index in [0.29, 0.717) is 11.3 Å². The number of benzene rings is 1. The van der Waals surface area contributed by atoms with Crippen LogP contribution in [0.2, 0.25) is 15.1 Å². The summed E-state index contributed by atoms with van der Waals surface area (Å²) in [5.41, 5.74) is 3.21. The topological polar surface area (TPSA) is 60.8 Å². The lowest BCUT2D eigenvalue weighted by atomic mass is 9.87. The number of aryl methyl sites for hydroxylation is 1. The number of rotatable bonds is 3. The van der Waals surface area contributed by atoms with Gasteiger partial charge in [0.2, 0.25) is 0 Å². The lowest BCUT2D eigenvalue weighted by Crippen LogP contribution is -2.42. The minimum absolute atomic E-state index is 0.00678. The summed E-state index contributed by atoms with van der Waals surface area (Å²) in [5, 5.41) is 3.34. The minimum Gasteiger partial charge on any atom is -0.458 e. The van der Waals surface area contributed by atoms with Gasteiger partial charge in [0.05, 0.1) is 28.0 Å². The van der Waals surface area contributed by atoms with E-state index in [1.54, 1.807) is 13.0 Å². The van der Waals surface area contributed by atoms with E-state index in [1.807, 2.05) is 0 Å². The molecule has 1 atom stereocenters. The van der Waals surface area contributed by atoms with E-state index in [-0.39, 0.29) is 38.6 Å². The van der Waals surface area contributed by atoms with E-state index in [1.165, 1.54) is 0 Å². The predicted octanol–water partition coefficient (Wildman–Crippen LogP) is 5.59. The molecular weight excluding hydrogens is 416 g/mol. The van der Waals surface area contributed by atoms with Gasteiger partial charge in [-0.15, -0.1) is 0 Å². The smallest absolute Gasteiger partial charge is 0.435 e. The van der Waals surface area contributed by atoms with Gasteiger partial charge in [0.25, 0.3) is 5.60 Å². The fourth-order valence-electron chi connectivity index (χ4n) is 2.69. The Morgan fingerprint density at radius 1 is 1.19 bits per heavy atom. The van der Waals surface area contributed by atoms with Crippen molar-refractivity contribution in [1.82, 2.24) is 0 Å². The van der Waals surface area contributed by atoms with Crippen LogP contribution in [0.3, 0.4) is 0 Å². The molecule has 10 heteroatoms. The Morgan fingerprint density at radius 2 is 1.81 bits per heavy atom. The SMILES string of the molecule is Cc1cc(C2=NOC(c3cc(Cl)c(Cl)c(Cl)c3)(C(F)(F)F)C2)oc1CN. The quantitative estimate of drug-likeness (QED) is 0.650. The molecule has 0 fully saturated rings. The van der Waals surface area contributed by atoms with Crippen molar-refractivity contribution in [3.8, 4) is 0 Å². The number of alkyl halides is 3. The van der Waals surface area contributed by atoms with Gasteiger partial charge in [-0.3, -0.25) is 0 Å². The summed E-state index contributed by atoms with van der Waals surface area (Å²) < 4.78 is 47.3. The number of furan rings is 1. The first-order chi connectivity index (χ1) is 12.1. The van der Waals surface area contributed by atoms with Crippen molar-refractivity contribution in [3.63, 3.8) is 0 Å². The second-order valence-corrected chi connectivity index (χ2v) is 7.00. The van der Waals surface area contributed by atoms with E-state index in [4.69, 9.17) is 49.8 Å². The first-order valence-corrected chi connectivity index (χ1v) is 8.49. The Kier molecular flexibility index (Phi) is 4.94. The van der Waals surface area contributed by atoms with Crippen LogP contribution >= 0.6 is 34.8 Å². The molecule has 0 saturated heterocycles. The molecule has 0 amide bonds. The van der Waals surface area contributed by atoms with Crippen LogP contribution in [-0.2, 0) is 17.0 Å². The molecule has 1 unspecified atom stereocenters. The van der Waals surface area contributed by atoms with Crippen molar-refractivity contribution in [2.24, 2.45) is 10.9 Å². The Hall–Kier alpha value is -1.41. The summed E-state index contributed by atoms with van der Waals surface area (Å²) >= 11 is 17.6. The molecular formula is C16H12Cl3F3N2O2. The van der Waals surface area contributed by atoms with E-state index >= 15 is 0 Å². The van der Waals surface area contributed by atoms with Gasteiger partial charge in [0.15, 0.2) is 5.76 Å². The maximum absolute atomic E-state index is 13.9. The maximum Gasteiger partial charge on any atom is 0.435 e. The highest BCUT2D eigenvalue weighted by Crippen LogP contribution is 2.50. The van der Waals surface area contributed by atoms with Gasteiger partial charge < -0.3 is 15.0 Å². The van der Waals surface area contributed by atoms with Crippen LogP contribution in [-0.4, -0.2) is 11.9 Å². The number of halogens is 6. The Balaban J connectivity index is 2.05. The van der Waals surface area contributed by atoms with Gasteiger partial charge in [0, 0.05) is 5.56 Å². The molecule has 2 aromatic rings. The van der Waals surface area contributed by atoms with Crippen molar-refractivity contribution >= 4 is 40.5 Å². The third-order valence-electron chi connectivity index (χ3n) is 4.13.